The number of rotatable bonds is 3. The van der Waals surface area contributed by atoms with Crippen molar-refractivity contribution in [3.8, 4) is 0 Å². The van der Waals surface area contributed by atoms with E-state index in [9.17, 15) is 14.0 Å². The Morgan fingerprint density at radius 3 is 2.37 bits per heavy atom. The summed E-state index contributed by atoms with van der Waals surface area (Å²) in [4.78, 5) is 23.8. The highest BCUT2D eigenvalue weighted by molar-refractivity contribution is 6.31. The van der Waals surface area contributed by atoms with E-state index in [-0.39, 0.29) is 10.6 Å². The van der Waals surface area contributed by atoms with E-state index in [4.69, 9.17) is 16.3 Å². The average molecular weight is 287 g/mol. The van der Waals surface area contributed by atoms with Gasteiger partial charge in [0.25, 0.3) is 0 Å². The third kappa shape index (κ3) is 4.31. The van der Waals surface area contributed by atoms with Crippen LogP contribution in [0, 0.1) is 11.7 Å². The highest BCUT2D eigenvalue weighted by Gasteiger charge is 2.28. The summed E-state index contributed by atoms with van der Waals surface area (Å²) in [7, 11) is 0. The molecule has 0 radical (unpaired) electrons. The highest BCUT2D eigenvalue weighted by atomic mass is 35.5. The van der Waals surface area contributed by atoms with Crippen molar-refractivity contribution in [2.45, 2.75) is 33.3 Å². The monoisotopic (exact) mass is 286 g/mol. The molecule has 1 unspecified atom stereocenters. The molecule has 1 atom stereocenters. The lowest BCUT2D eigenvalue weighted by Gasteiger charge is -2.21. The van der Waals surface area contributed by atoms with Crippen molar-refractivity contribution in [2.24, 2.45) is 5.92 Å². The molecule has 0 bridgehead atoms. The molecule has 1 aromatic carbocycles. The van der Waals surface area contributed by atoms with Crippen LogP contribution >= 0.6 is 11.6 Å². The predicted molar refractivity (Wildman–Crippen MR) is 70.7 cm³/mol. The number of hydrogen-bond acceptors (Lipinski definition) is 3. The van der Waals surface area contributed by atoms with E-state index in [1.807, 2.05) is 0 Å². The summed E-state index contributed by atoms with van der Waals surface area (Å²) in [6, 6.07) is 3.60. The number of hydrogen-bond donors (Lipinski definition) is 0. The van der Waals surface area contributed by atoms with E-state index < -0.39 is 29.1 Å². The molecule has 0 heterocycles. The molecular formula is C14H16ClFO3. The minimum Gasteiger partial charge on any atom is -0.459 e. The first-order chi connectivity index (χ1) is 8.61. The van der Waals surface area contributed by atoms with Crippen LogP contribution in [0.5, 0.6) is 0 Å². The second-order valence-electron chi connectivity index (χ2n) is 5.25. The van der Waals surface area contributed by atoms with Gasteiger partial charge >= 0.3 is 5.97 Å². The summed E-state index contributed by atoms with van der Waals surface area (Å²) in [6.45, 7) is 6.61. The van der Waals surface area contributed by atoms with E-state index in [2.05, 4.69) is 0 Å². The van der Waals surface area contributed by atoms with Gasteiger partial charge in [-0.1, -0.05) is 11.6 Å². The minimum absolute atomic E-state index is 0.151. The molecule has 1 aromatic rings. The van der Waals surface area contributed by atoms with Gasteiger partial charge < -0.3 is 4.74 Å². The molecule has 0 aliphatic rings. The normalized spacial score (nSPS) is 12.9. The van der Waals surface area contributed by atoms with Crippen LogP contribution in [-0.4, -0.2) is 17.4 Å². The fourth-order valence-electron chi connectivity index (χ4n) is 1.40. The van der Waals surface area contributed by atoms with Crippen LogP contribution in [0.2, 0.25) is 5.02 Å². The Morgan fingerprint density at radius 1 is 1.32 bits per heavy atom. The maximum atomic E-state index is 13.0. The Labute approximate surface area is 116 Å². The molecule has 0 N–H and O–H groups in total. The summed E-state index contributed by atoms with van der Waals surface area (Å²) < 4.78 is 18.1. The van der Waals surface area contributed by atoms with Gasteiger partial charge in [0, 0.05) is 5.56 Å². The molecule has 0 saturated carbocycles. The average Bonchev–Trinajstić information content (AvgIpc) is 2.28. The lowest BCUT2D eigenvalue weighted by molar-refractivity contribution is -0.157. The van der Waals surface area contributed by atoms with E-state index >= 15 is 0 Å². The van der Waals surface area contributed by atoms with Gasteiger partial charge in [0.05, 0.1) is 5.02 Å². The Hall–Kier alpha value is -1.42. The molecule has 0 aliphatic heterocycles. The number of ketones is 1. The molecular weight excluding hydrogens is 271 g/mol. The molecule has 0 saturated heterocycles. The van der Waals surface area contributed by atoms with Gasteiger partial charge in [-0.2, -0.15) is 0 Å². The van der Waals surface area contributed by atoms with E-state index in [1.54, 1.807) is 20.8 Å². The standard InChI is InChI=1S/C14H16ClFO3/c1-8(13(18)19-14(2,3)4)12(17)9-5-6-11(16)10(15)7-9/h5-8H,1-4H3. The van der Waals surface area contributed by atoms with Crippen LogP contribution in [0.1, 0.15) is 38.1 Å². The van der Waals surface area contributed by atoms with Crippen LogP contribution in [0.25, 0.3) is 0 Å². The lowest BCUT2D eigenvalue weighted by Crippen LogP contribution is -2.31. The maximum Gasteiger partial charge on any atom is 0.317 e. The van der Waals surface area contributed by atoms with E-state index in [0.717, 1.165) is 6.07 Å². The first-order valence-corrected chi connectivity index (χ1v) is 6.22. The summed E-state index contributed by atoms with van der Waals surface area (Å²) in [5.74, 6) is -2.63. The molecule has 5 heteroatoms. The number of halogens is 2. The van der Waals surface area contributed by atoms with Crippen molar-refractivity contribution in [2.75, 3.05) is 0 Å². The first-order valence-electron chi connectivity index (χ1n) is 5.84. The largest absolute Gasteiger partial charge is 0.459 e. The van der Waals surface area contributed by atoms with Crippen LogP contribution in [0.4, 0.5) is 4.39 Å². The smallest absolute Gasteiger partial charge is 0.317 e. The summed E-state index contributed by atoms with van der Waals surface area (Å²) in [5.41, 5.74) is -0.476. The zero-order chi connectivity index (χ0) is 14.8. The number of carbonyl (C=O) groups is 2. The van der Waals surface area contributed by atoms with E-state index in [0.29, 0.717) is 0 Å². The Balaban J connectivity index is 2.87. The molecule has 19 heavy (non-hydrogen) atoms. The quantitative estimate of drug-likeness (QED) is 0.484. The molecule has 0 fully saturated rings. The van der Waals surface area contributed by atoms with Gasteiger partial charge in [0.15, 0.2) is 5.78 Å². The third-order valence-electron chi connectivity index (χ3n) is 2.36. The van der Waals surface area contributed by atoms with Gasteiger partial charge in [-0.3, -0.25) is 9.59 Å². The predicted octanol–water partition coefficient (Wildman–Crippen LogP) is 3.64. The van der Waals surface area contributed by atoms with E-state index in [1.165, 1.54) is 19.1 Å². The Morgan fingerprint density at radius 2 is 1.89 bits per heavy atom. The molecule has 0 aliphatic carbocycles. The molecule has 0 aromatic heterocycles. The fraction of sp³-hybridized carbons (Fsp3) is 0.429. The van der Waals surface area contributed by atoms with Crippen molar-refractivity contribution in [3.05, 3.63) is 34.6 Å². The second-order valence-corrected chi connectivity index (χ2v) is 5.66. The van der Waals surface area contributed by atoms with Crippen molar-refractivity contribution < 1.29 is 18.7 Å². The van der Waals surface area contributed by atoms with Gasteiger partial charge in [0.1, 0.15) is 17.3 Å². The zero-order valence-electron chi connectivity index (χ0n) is 11.3. The van der Waals surface area contributed by atoms with Crippen LogP contribution in [0.15, 0.2) is 18.2 Å². The molecule has 3 nitrogen and oxygen atoms in total. The molecule has 1 rings (SSSR count). The van der Waals surface area contributed by atoms with Gasteiger partial charge in [-0.15, -0.1) is 0 Å². The first kappa shape index (κ1) is 15.6. The number of esters is 1. The fourth-order valence-corrected chi connectivity index (χ4v) is 1.58. The van der Waals surface area contributed by atoms with Gasteiger partial charge in [0.2, 0.25) is 0 Å². The summed E-state index contributed by atoms with van der Waals surface area (Å²) in [6.07, 6.45) is 0. The number of carbonyl (C=O) groups excluding carboxylic acids is 2. The molecule has 0 spiro atoms. The van der Waals surface area contributed by atoms with Crippen molar-refractivity contribution >= 4 is 23.4 Å². The lowest BCUT2D eigenvalue weighted by atomic mass is 9.99. The SMILES string of the molecule is CC(C(=O)OC(C)(C)C)C(=O)c1ccc(F)c(Cl)c1. The van der Waals surface area contributed by atoms with Crippen LogP contribution in [-0.2, 0) is 9.53 Å². The van der Waals surface area contributed by atoms with Gasteiger partial charge in [-0.25, -0.2) is 4.39 Å². The van der Waals surface area contributed by atoms with Crippen LogP contribution < -0.4 is 0 Å². The Kier molecular flexibility index (Phi) is 4.69. The zero-order valence-corrected chi connectivity index (χ0v) is 12.0. The summed E-state index contributed by atoms with van der Waals surface area (Å²) >= 11 is 5.61. The van der Waals surface area contributed by atoms with Crippen molar-refractivity contribution in [1.82, 2.24) is 0 Å². The van der Waals surface area contributed by atoms with Gasteiger partial charge in [-0.05, 0) is 45.9 Å². The number of Topliss-reactive ketones (excluding diaryl/α,β-unsaturated/α-hetero) is 1. The Bertz CT molecular complexity index is 506. The second kappa shape index (κ2) is 5.70. The third-order valence-corrected chi connectivity index (χ3v) is 2.65. The summed E-state index contributed by atoms with van der Waals surface area (Å²) in [5, 5.41) is -0.151. The topological polar surface area (TPSA) is 43.4 Å². The van der Waals surface area contributed by atoms with Crippen molar-refractivity contribution in [1.29, 1.82) is 0 Å². The van der Waals surface area contributed by atoms with Crippen molar-refractivity contribution in [3.63, 3.8) is 0 Å². The van der Waals surface area contributed by atoms with Crippen LogP contribution in [0.3, 0.4) is 0 Å². The molecule has 0 amide bonds. The maximum absolute atomic E-state index is 13.0. The number of ether oxygens (including phenoxy) is 1. The minimum atomic E-state index is -0.958. The molecule has 104 valence electrons. The number of benzene rings is 1. The highest BCUT2D eigenvalue weighted by Crippen LogP contribution is 2.20.